The predicted octanol–water partition coefficient (Wildman–Crippen LogP) is 2.23. The maximum atomic E-state index is 13.3. The molecular formula is C33H42N6O7S. The van der Waals surface area contributed by atoms with Crippen LogP contribution in [0.5, 0.6) is 0 Å². The third kappa shape index (κ3) is 9.35. The molecule has 0 aliphatic carbocycles. The van der Waals surface area contributed by atoms with Crippen molar-refractivity contribution in [1.29, 1.82) is 0 Å². The summed E-state index contributed by atoms with van der Waals surface area (Å²) in [6, 6.07) is 13.5. The highest BCUT2D eigenvalue weighted by atomic mass is 32.2. The molecule has 0 spiro atoms. The van der Waals surface area contributed by atoms with Gasteiger partial charge in [0, 0.05) is 25.8 Å². The molecule has 252 valence electrons. The van der Waals surface area contributed by atoms with E-state index in [1.165, 1.54) is 0 Å². The number of nitrogens with two attached hydrogens (primary N) is 1. The summed E-state index contributed by atoms with van der Waals surface area (Å²) in [4.78, 5) is 43.9. The Kier molecular flexibility index (Phi) is 11.7. The number of nitrogens with one attached hydrogen (secondary N) is 3. The summed E-state index contributed by atoms with van der Waals surface area (Å²) in [5.74, 6) is -2.10. The summed E-state index contributed by atoms with van der Waals surface area (Å²) >= 11 is 0. The minimum Gasteiger partial charge on any atom is -0.480 e. The van der Waals surface area contributed by atoms with Crippen molar-refractivity contribution < 1.29 is 32.6 Å². The summed E-state index contributed by atoms with van der Waals surface area (Å²) < 4.78 is 34.2. The van der Waals surface area contributed by atoms with Crippen molar-refractivity contribution in [3.63, 3.8) is 0 Å². The van der Waals surface area contributed by atoms with E-state index < -0.39 is 59.3 Å². The van der Waals surface area contributed by atoms with Gasteiger partial charge >= 0.3 is 12.0 Å². The van der Waals surface area contributed by atoms with Gasteiger partial charge in [0.1, 0.15) is 12.6 Å². The summed E-state index contributed by atoms with van der Waals surface area (Å²) in [7, 11) is -4.21. The fourth-order valence-electron chi connectivity index (χ4n) is 5.75. The summed E-state index contributed by atoms with van der Waals surface area (Å²) in [6.45, 7) is 6.61. The van der Waals surface area contributed by atoms with E-state index in [0.717, 1.165) is 16.7 Å². The average molecular weight is 667 g/mol. The molecular weight excluding hydrogens is 624 g/mol. The van der Waals surface area contributed by atoms with Gasteiger partial charge in [-0.3, -0.25) is 14.6 Å². The molecule has 4 unspecified atom stereocenters. The van der Waals surface area contributed by atoms with Crippen LogP contribution >= 0.6 is 0 Å². The molecule has 1 saturated heterocycles. The number of carbonyl (C=O) groups is 3. The van der Waals surface area contributed by atoms with Crippen molar-refractivity contribution in [3.05, 3.63) is 94.3 Å². The second-order valence-electron chi connectivity index (χ2n) is 11.9. The third-order valence-corrected chi connectivity index (χ3v) is 9.77. The molecule has 1 aromatic heterocycles. The number of carboxylic acids is 1. The Morgan fingerprint density at radius 3 is 2.32 bits per heavy atom. The Bertz CT molecular complexity index is 1660. The Balaban J connectivity index is 1.36. The zero-order valence-electron chi connectivity index (χ0n) is 26.9. The lowest BCUT2D eigenvalue weighted by Gasteiger charge is -2.29. The molecule has 3 aromatic rings. The van der Waals surface area contributed by atoms with Gasteiger partial charge in [-0.05, 0) is 62.9 Å². The second-order valence-corrected chi connectivity index (χ2v) is 13.5. The highest BCUT2D eigenvalue weighted by Crippen LogP contribution is 2.29. The van der Waals surface area contributed by atoms with E-state index in [1.54, 1.807) is 49.2 Å². The lowest BCUT2D eigenvalue weighted by molar-refractivity contribution is -0.139. The monoisotopic (exact) mass is 666 g/mol. The number of hydrogen-bond donors (Lipinski definition) is 5. The number of hydrogen-bond acceptors (Lipinski definition) is 8. The number of aliphatic carboxylic acids is 1. The van der Waals surface area contributed by atoms with Gasteiger partial charge in [0.05, 0.1) is 28.8 Å². The molecule has 2 heterocycles. The van der Waals surface area contributed by atoms with Crippen molar-refractivity contribution >= 4 is 27.9 Å². The lowest BCUT2D eigenvalue weighted by Crippen LogP contribution is -2.49. The van der Waals surface area contributed by atoms with Crippen LogP contribution in [0.3, 0.4) is 0 Å². The fraction of sp³-hybridized carbons (Fsp3) is 0.394. The molecule has 14 heteroatoms. The number of aryl methyl sites for hydroxylation is 4. The Morgan fingerprint density at radius 1 is 1.02 bits per heavy atom. The van der Waals surface area contributed by atoms with Crippen LogP contribution < -0.4 is 21.1 Å². The number of pyridine rings is 1. The summed E-state index contributed by atoms with van der Waals surface area (Å²) in [5, 5.41) is 15.1. The van der Waals surface area contributed by atoms with Gasteiger partial charge in [0.2, 0.25) is 15.9 Å². The first kappa shape index (κ1) is 35.5. The highest BCUT2D eigenvalue weighted by molar-refractivity contribution is 7.89. The molecule has 13 nitrogen and oxygen atoms in total. The highest BCUT2D eigenvalue weighted by Gasteiger charge is 2.40. The molecule has 3 amide bonds. The van der Waals surface area contributed by atoms with E-state index in [9.17, 15) is 27.9 Å². The maximum absolute atomic E-state index is 13.3. The van der Waals surface area contributed by atoms with Crippen LogP contribution in [0.1, 0.15) is 46.0 Å². The number of aromatic nitrogens is 1. The van der Waals surface area contributed by atoms with E-state index in [2.05, 4.69) is 20.3 Å². The molecule has 0 saturated carbocycles. The number of rotatable bonds is 13. The SMILES string of the molecule is Cc1ccc(CNC(=O)N2CC(OCC(=O)NCC(NS(=O)(=O)c3c(C)cc(C)cc3C)C(=O)O)CC2C(N)c2ccccn2)cc1. The first-order valence-electron chi connectivity index (χ1n) is 15.2. The Labute approximate surface area is 275 Å². The van der Waals surface area contributed by atoms with E-state index in [0.29, 0.717) is 29.8 Å². The number of carboxylic acid groups (broad SMARTS) is 1. The van der Waals surface area contributed by atoms with Gasteiger partial charge in [0.15, 0.2) is 0 Å². The molecule has 4 rings (SSSR count). The van der Waals surface area contributed by atoms with Crippen molar-refractivity contribution in [2.75, 3.05) is 19.7 Å². The van der Waals surface area contributed by atoms with E-state index in [1.807, 2.05) is 44.2 Å². The quantitative estimate of drug-likeness (QED) is 0.182. The van der Waals surface area contributed by atoms with E-state index in [4.69, 9.17) is 10.5 Å². The zero-order valence-corrected chi connectivity index (χ0v) is 27.7. The van der Waals surface area contributed by atoms with Crippen LogP contribution in [0.4, 0.5) is 4.79 Å². The number of urea groups is 1. The molecule has 0 radical (unpaired) electrons. The van der Waals surface area contributed by atoms with Crippen molar-refractivity contribution in [3.8, 4) is 0 Å². The first-order chi connectivity index (χ1) is 22.2. The predicted molar refractivity (Wildman–Crippen MR) is 175 cm³/mol. The zero-order chi connectivity index (χ0) is 34.3. The topological polar surface area (TPSA) is 193 Å². The molecule has 1 aliphatic rings. The molecule has 2 aromatic carbocycles. The normalized spacial score (nSPS) is 17.6. The van der Waals surface area contributed by atoms with Crippen LogP contribution in [0.15, 0.2) is 65.7 Å². The van der Waals surface area contributed by atoms with Crippen molar-refractivity contribution in [2.45, 2.75) is 69.8 Å². The Morgan fingerprint density at radius 2 is 1.70 bits per heavy atom. The van der Waals surface area contributed by atoms with Gasteiger partial charge in [-0.1, -0.05) is 53.6 Å². The van der Waals surface area contributed by atoms with Crippen LogP contribution in [-0.2, 0) is 30.9 Å². The average Bonchev–Trinajstić information content (AvgIpc) is 3.45. The van der Waals surface area contributed by atoms with Crippen LogP contribution in [0.2, 0.25) is 0 Å². The molecule has 6 N–H and O–H groups in total. The lowest BCUT2D eigenvalue weighted by atomic mass is 10.0. The van der Waals surface area contributed by atoms with Gasteiger partial charge in [-0.25, -0.2) is 13.2 Å². The standard InChI is InChI=1S/C33H42N6O7S/c1-20-8-10-24(11-9-20)16-37-33(43)39-18-25(15-28(39)30(34)26-7-5-6-12-35-26)46-19-29(40)36-17-27(32(41)42)38-47(44,45)31-22(3)13-21(2)14-23(31)4/h5-14,25,27-28,30,38H,15-19,34H2,1-4H3,(H,36,40)(H,37,43)(H,41,42). The fourth-order valence-corrected chi connectivity index (χ4v) is 7.39. The number of nitrogens with zero attached hydrogens (tertiary/aromatic N) is 2. The van der Waals surface area contributed by atoms with Crippen LogP contribution in [0.25, 0.3) is 0 Å². The maximum Gasteiger partial charge on any atom is 0.323 e. The molecule has 1 aliphatic heterocycles. The third-order valence-electron chi connectivity index (χ3n) is 8.00. The summed E-state index contributed by atoms with van der Waals surface area (Å²) in [6.07, 6.45) is 1.40. The number of sulfonamides is 1. The van der Waals surface area contributed by atoms with Crippen molar-refractivity contribution in [2.24, 2.45) is 5.73 Å². The van der Waals surface area contributed by atoms with Gasteiger partial charge < -0.3 is 31.1 Å². The molecule has 4 atom stereocenters. The van der Waals surface area contributed by atoms with Crippen LogP contribution in [0, 0.1) is 27.7 Å². The number of amides is 3. The number of likely N-dealkylation sites (tertiary alicyclic amines) is 1. The van der Waals surface area contributed by atoms with E-state index >= 15 is 0 Å². The minimum absolute atomic E-state index is 0.00355. The van der Waals surface area contributed by atoms with Gasteiger partial charge in [-0.15, -0.1) is 0 Å². The smallest absolute Gasteiger partial charge is 0.323 e. The minimum atomic E-state index is -4.21. The second kappa shape index (κ2) is 15.5. The number of carbonyl (C=O) groups excluding carboxylic acids is 2. The Hall–Kier alpha value is -4.37. The van der Waals surface area contributed by atoms with E-state index in [-0.39, 0.29) is 17.5 Å². The first-order valence-corrected chi connectivity index (χ1v) is 16.7. The van der Waals surface area contributed by atoms with Gasteiger partial charge in [0.25, 0.3) is 0 Å². The number of benzene rings is 2. The number of ether oxygens (including phenoxy) is 1. The summed E-state index contributed by atoms with van der Waals surface area (Å²) in [5.41, 5.74) is 11.0. The largest absolute Gasteiger partial charge is 0.480 e. The molecule has 0 bridgehead atoms. The van der Waals surface area contributed by atoms with Crippen LogP contribution in [-0.4, -0.2) is 79.2 Å². The van der Waals surface area contributed by atoms with Crippen molar-refractivity contribution in [1.82, 2.24) is 25.2 Å². The molecule has 1 fully saturated rings. The van der Waals surface area contributed by atoms with Gasteiger partial charge in [-0.2, -0.15) is 4.72 Å². The molecule has 47 heavy (non-hydrogen) atoms.